The lowest BCUT2D eigenvalue weighted by molar-refractivity contribution is 1.16. The minimum Gasteiger partial charge on any atom is -0.383 e. The van der Waals surface area contributed by atoms with Gasteiger partial charge in [-0.05, 0) is 84.6 Å². The maximum atomic E-state index is 7.84. The predicted octanol–water partition coefficient (Wildman–Crippen LogP) is 14.3. The monoisotopic (exact) mass is 834 g/mol. The molecule has 65 heavy (non-hydrogen) atoms. The zero-order valence-electron chi connectivity index (χ0n) is 35.7. The van der Waals surface area contributed by atoms with E-state index in [2.05, 4.69) is 183 Å². The Morgan fingerprint density at radius 3 is 1.55 bits per heavy atom. The Bertz CT molecular complexity index is 3980. The molecule has 0 amide bonds. The molecule has 0 radical (unpaired) electrons. The molecule has 3 N–H and O–H groups in total. The Hall–Kier alpha value is -8.74. The van der Waals surface area contributed by atoms with E-state index in [1.807, 2.05) is 60.7 Å². The molecule has 0 aliphatic carbocycles. The van der Waals surface area contributed by atoms with Gasteiger partial charge in [-0.25, -0.2) is 4.99 Å². The lowest BCUT2D eigenvalue weighted by Gasteiger charge is -2.11. The zero-order valence-corrected chi connectivity index (χ0v) is 35.7. The molecule has 308 valence electrons. The van der Waals surface area contributed by atoms with Crippen LogP contribution >= 0.6 is 0 Å². The Kier molecular flexibility index (Phi) is 8.91. The third-order valence-electron chi connectivity index (χ3n) is 12.8. The molecule has 4 aromatic heterocycles. The van der Waals surface area contributed by atoms with E-state index in [1.165, 1.54) is 98.6 Å². The van der Waals surface area contributed by atoms with Gasteiger partial charge in [0.25, 0.3) is 0 Å². The van der Waals surface area contributed by atoms with E-state index in [-0.39, 0.29) is 5.84 Å². The van der Waals surface area contributed by atoms with E-state index in [9.17, 15) is 0 Å². The summed E-state index contributed by atoms with van der Waals surface area (Å²) in [6.45, 7) is 2.17. The maximum Gasteiger partial charge on any atom is 0.154 e. The SMILES string of the molecule is Cc1cccc(-n2c3ccc(-n4c5ccccc5c5ccccc54)cc3c3cc4cc5c6ccccc6c6ccccc6n5c4cc32)c1.N=C(N=C(N)c1ccccc1)c1ccccc1. The number of aliphatic imine (C=N–C) groups is 1. The van der Waals surface area contributed by atoms with Gasteiger partial charge >= 0.3 is 0 Å². The van der Waals surface area contributed by atoms with Gasteiger partial charge in [-0.1, -0.05) is 152 Å². The van der Waals surface area contributed by atoms with Crippen molar-refractivity contribution in [2.45, 2.75) is 6.92 Å². The summed E-state index contributed by atoms with van der Waals surface area (Å²) in [6, 6.07) is 77.0. The van der Waals surface area contributed by atoms with Crippen LogP contribution in [0.25, 0.3) is 93.1 Å². The third kappa shape index (κ3) is 6.26. The van der Waals surface area contributed by atoms with Crippen molar-refractivity contribution in [3.05, 3.63) is 235 Å². The molecule has 0 bridgehead atoms. The fourth-order valence-electron chi connectivity index (χ4n) is 9.85. The van der Waals surface area contributed by atoms with Crippen LogP contribution in [0.4, 0.5) is 0 Å². The molecule has 6 nitrogen and oxygen atoms in total. The molecule has 0 aliphatic rings. The van der Waals surface area contributed by atoms with Crippen LogP contribution in [0.2, 0.25) is 0 Å². The van der Waals surface area contributed by atoms with Crippen molar-refractivity contribution in [1.82, 2.24) is 13.5 Å². The second kappa shape index (κ2) is 15.3. The molecule has 0 atom stereocenters. The fraction of sp³-hybridized carbons (Fsp3) is 0.0169. The molecule has 4 heterocycles. The summed E-state index contributed by atoms with van der Waals surface area (Å²) >= 11 is 0. The zero-order chi connectivity index (χ0) is 43.6. The number of nitrogens with zero attached hydrogens (tertiary/aromatic N) is 4. The largest absolute Gasteiger partial charge is 0.383 e. The van der Waals surface area contributed by atoms with E-state index < -0.39 is 0 Å². The molecular weight excluding hydrogens is 793 g/mol. The molecular formula is C59H42N6. The number of aryl methyl sites for hydroxylation is 1. The van der Waals surface area contributed by atoms with Gasteiger partial charge in [0.05, 0.1) is 38.6 Å². The highest BCUT2D eigenvalue weighted by Gasteiger charge is 2.19. The number of nitrogens with one attached hydrogen (secondary N) is 1. The quantitative estimate of drug-likeness (QED) is 0.103. The molecule has 13 aromatic rings. The first kappa shape index (κ1) is 38.0. The van der Waals surface area contributed by atoms with E-state index >= 15 is 0 Å². The van der Waals surface area contributed by atoms with E-state index in [0.717, 1.165) is 11.1 Å². The number of para-hydroxylation sites is 3. The topological polar surface area (TPSA) is 76.5 Å². The molecule has 0 spiro atoms. The van der Waals surface area contributed by atoms with Gasteiger partial charge in [0.1, 0.15) is 5.84 Å². The van der Waals surface area contributed by atoms with Crippen LogP contribution in [-0.4, -0.2) is 25.2 Å². The van der Waals surface area contributed by atoms with Crippen LogP contribution < -0.4 is 5.73 Å². The summed E-state index contributed by atoms with van der Waals surface area (Å²) in [6.07, 6.45) is 0. The molecule has 6 heteroatoms. The van der Waals surface area contributed by atoms with Gasteiger partial charge in [0.15, 0.2) is 5.84 Å². The molecule has 0 unspecified atom stereocenters. The summed E-state index contributed by atoms with van der Waals surface area (Å²) in [5.41, 5.74) is 19.6. The Morgan fingerprint density at radius 2 is 0.892 bits per heavy atom. The molecule has 13 rings (SSSR count). The second-order valence-electron chi connectivity index (χ2n) is 16.7. The smallest absolute Gasteiger partial charge is 0.154 e. The van der Waals surface area contributed by atoms with E-state index in [4.69, 9.17) is 11.1 Å². The molecule has 0 fully saturated rings. The summed E-state index contributed by atoms with van der Waals surface area (Å²) in [4.78, 5) is 4.10. The molecule has 0 saturated carbocycles. The number of fused-ring (bicyclic) bond motifs is 14. The van der Waals surface area contributed by atoms with Crippen molar-refractivity contribution in [2.75, 3.05) is 0 Å². The predicted molar refractivity (Wildman–Crippen MR) is 274 cm³/mol. The highest BCUT2D eigenvalue weighted by atomic mass is 15.0. The highest BCUT2D eigenvalue weighted by molar-refractivity contribution is 6.19. The van der Waals surface area contributed by atoms with Gasteiger partial charge in [-0.3, -0.25) is 5.41 Å². The van der Waals surface area contributed by atoms with Gasteiger partial charge in [-0.2, -0.15) is 0 Å². The first-order valence-corrected chi connectivity index (χ1v) is 21.9. The fourth-order valence-corrected chi connectivity index (χ4v) is 9.85. The van der Waals surface area contributed by atoms with Crippen LogP contribution in [0.1, 0.15) is 16.7 Å². The molecule has 0 saturated heterocycles. The number of aromatic nitrogens is 3. The normalized spacial score (nSPS) is 12.0. The first-order chi connectivity index (χ1) is 32.0. The Labute approximate surface area is 374 Å². The minimum absolute atomic E-state index is 0.173. The highest BCUT2D eigenvalue weighted by Crippen LogP contribution is 2.41. The Balaban J connectivity index is 0.000000221. The summed E-state index contributed by atoms with van der Waals surface area (Å²) in [5, 5.41) is 18.0. The van der Waals surface area contributed by atoms with Crippen LogP contribution in [0.15, 0.2) is 223 Å². The number of pyridine rings is 1. The van der Waals surface area contributed by atoms with Crippen LogP contribution in [0, 0.1) is 12.3 Å². The maximum absolute atomic E-state index is 7.84. The van der Waals surface area contributed by atoms with Gasteiger partial charge in [0, 0.05) is 60.2 Å². The van der Waals surface area contributed by atoms with Crippen molar-refractivity contribution >= 4 is 93.4 Å². The lowest BCUT2D eigenvalue weighted by atomic mass is 10.1. The Morgan fingerprint density at radius 1 is 0.385 bits per heavy atom. The first-order valence-electron chi connectivity index (χ1n) is 21.9. The van der Waals surface area contributed by atoms with Crippen LogP contribution in [-0.2, 0) is 0 Å². The third-order valence-corrected chi connectivity index (χ3v) is 12.8. The van der Waals surface area contributed by atoms with Crippen molar-refractivity contribution in [1.29, 1.82) is 5.41 Å². The summed E-state index contributed by atoms with van der Waals surface area (Å²) in [7, 11) is 0. The average molecular weight is 835 g/mol. The van der Waals surface area contributed by atoms with Crippen molar-refractivity contribution in [3.8, 4) is 11.4 Å². The van der Waals surface area contributed by atoms with Gasteiger partial charge < -0.3 is 19.3 Å². The van der Waals surface area contributed by atoms with Crippen LogP contribution in [0.3, 0.4) is 0 Å². The number of benzene rings is 9. The molecule has 9 aromatic carbocycles. The second-order valence-corrected chi connectivity index (χ2v) is 16.7. The lowest BCUT2D eigenvalue weighted by Crippen LogP contribution is -2.15. The molecule has 0 aliphatic heterocycles. The number of nitrogens with two attached hydrogens (primary N) is 1. The summed E-state index contributed by atoms with van der Waals surface area (Å²) < 4.78 is 7.34. The standard InChI is InChI=1S/C45H29N3.C14H13N3/c1-28-11-10-12-30(23-28)47-42-22-21-31(46-39-18-7-5-16-35(39)36-17-6-8-19-40(36)46)26-38(42)37-24-29-25-44-34-15-3-2-13-32(34)33-14-4-9-20-41(33)48(44)43(29)27-45(37)47;15-13(11-7-3-1-4-8-11)17-14(16)12-9-5-2-6-10-12/h2-27H,1H3;1-10H,(H3,15,16,17). The van der Waals surface area contributed by atoms with Crippen molar-refractivity contribution in [3.63, 3.8) is 0 Å². The van der Waals surface area contributed by atoms with Crippen molar-refractivity contribution < 1.29 is 0 Å². The van der Waals surface area contributed by atoms with Gasteiger partial charge in [0.2, 0.25) is 0 Å². The van der Waals surface area contributed by atoms with Gasteiger partial charge in [-0.15, -0.1) is 0 Å². The minimum atomic E-state index is 0.173. The number of hydrogen-bond acceptors (Lipinski definition) is 1. The number of hydrogen-bond donors (Lipinski definition) is 2. The summed E-state index contributed by atoms with van der Waals surface area (Å²) in [5.74, 6) is 0.534. The average Bonchev–Trinajstić information content (AvgIpc) is 4.01. The van der Waals surface area contributed by atoms with E-state index in [0.29, 0.717) is 5.84 Å². The number of amidine groups is 2. The number of rotatable bonds is 4. The van der Waals surface area contributed by atoms with Crippen molar-refractivity contribution in [2.24, 2.45) is 10.7 Å². The van der Waals surface area contributed by atoms with Crippen LogP contribution in [0.5, 0.6) is 0 Å². The van der Waals surface area contributed by atoms with E-state index in [1.54, 1.807) is 0 Å².